The third-order valence-electron chi connectivity index (χ3n) is 1.95. The molecular formula is C10H20N2O2. The molecule has 0 atom stereocenters. The van der Waals surface area contributed by atoms with E-state index in [9.17, 15) is 4.79 Å². The zero-order valence-corrected chi connectivity index (χ0v) is 9.05. The van der Waals surface area contributed by atoms with Gasteiger partial charge in [-0.3, -0.25) is 0 Å². The lowest BCUT2D eigenvalue weighted by atomic mass is 10.2. The lowest BCUT2D eigenvalue weighted by molar-refractivity contribution is -0.129. The van der Waals surface area contributed by atoms with Gasteiger partial charge in [-0.1, -0.05) is 32.6 Å². The molecule has 0 amide bonds. The standard InChI is InChI=1S/C10H20N2O2/c1-3-4-5-6-7-8-11-12-9(2)10(13)14/h11H,3-8H2,1-2H3,(H,13,14). The Morgan fingerprint density at radius 1 is 1.29 bits per heavy atom. The smallest absolute Gasteiger partial charge is 0.351 e. The fourth-order valence-electron chi connectivity index (χ4n) is 1.03. The fourth-order valence-corrected chi connectivity index (χ4v) is 1.03. The van der Waals surface area contributed by atoms with E-state index in [1.165, 1.54) is 32.6 Å². The summed E-state index contributed by atoms with van der Waals surface area (Å²) < 4.78 is 0. The Labute approximate surface area is 85.4 Å². The zero-order chi connectivity index (χ0) is 10.8. The molecule has 0 bridgehead atoms. The molecule has 0 aromatic rings. The predicted molar refractivity (Wildman–Crippen MR) is 57.5 cm³/mol. The number of hydrazone groups is 1. The molecule has 0 aliphatic carbocycles. The van der Waals surface area contributed by atoms with Crippen molar-refractivity contribution in [1.29, 1.82) is 0 Å². The van der Waals surface area contributed by atoms with Gasteiger partial charge >= 0.3 is 5.97 Å². The highest BCUT2D eigenvalue weighted by atomic mass is 16.4. The number of hydrogen-bond acceptors (Lipinski definition) is 3. The first-order valence-electron chi connectivity index (χ1n) is 5.19. The van der Waals surface area contributed by atoms with E-state index >= 15 is 0 Å². The van der Waals surface area contributed by atoms with Gasteiger partial charge in [0.2, 0.25) is 0 Å². The van der Waals surface area contributed by atoms with Gasteiger partial charge in [-0.25, -0.2) is 4.79 Å². The van der Waals surface area contributed by atoms with Gasteiger partial charge in [0.05, 0.1) is 0 Å². The van der Waals surface area contributed by atoms with Crippen molar-refractivity contribution < 1.29 is 9.90 Å². The molecule has 0 saturated heterocycles. The van der Waals surface area contributed by atoms with Crippen LogP contribution in [0.15, 0.2) is 5.10 Å². The van der Waals surface area contributed by atoms with Crippen molar-refractivity contribution in [1.82, 2.24) is 5.43 Å². The average Bonchev–Trinajstić information content (AvgIpc) is 2.16. The van der Waals surface area contributed by atoms with Crippen molar-refractivity contribution in [3.63, 3.8) is 0 Å². The number of carboxylic acids is 1. The van der Waals surface area contributed by atoms with Crippen LogP contribution in [0.4, 0.5) is 0 Å². The van der Waals surface area contributed by atoms with Crippen molar-refractivity contribution in [2.75, 3.05) is 6.54 Å². The maximum atomic E-state index is 10.3. The Balaban J connectivity index is 3.29. The normalized spacial score (nSPS) is 11.4. The molecule has 0 saturated carbocycles. The first-order valence-corrected chi connectivity index (χ1v) is 5.19. The van der Waals surface area contributed by atoms with Crippen molar-refractivity contribution in [3.8, 4) is 0 Å². The molecule has 4 heteroatoms. The molecule has 0 rings (SSSR count). The van der Waals surface area contributed by atoms with Gasteiger partial charge in [0, 0.05) is 6.54 Å². The Hall–Kier alpha value is -1.06. The van der Waals surface area contributed by atoms with E-state index in [1.54, 1.807) is 0 Å². The molecular weight excluding hydrogens is 180 g/mol. The molecule has 82 valence electrons. The highest BCUT2D eigenvalue weighted by molar-refractivity contribution is 6.34. The topological polar surface area (TPSA) is 61.7 Å². The summed E-state index contributed by atoms with van der Waals surface area (Å²) in [5, 5.41) is 12.2. The lowest BCUT2D eigenvalue weighted by Gasteiger charge is -2.00. The van der Waals surface area contributed by atoms with Gasteiger partial charge in [-0.05, 0) is 13.3 Å². The van der Waals surface area contributed by atoms with Gasteiger partial charge in [0.15, 0.2) is 0 Å². The number of unbranched alkanes of at least 4 members (excludes halogenated alkanes) is 4. The number of aliphatic carboxylic acids is 1. The maximum Gasteiger partial charge on any atom is 0.351 e. The van der Waals surface area contributed by atoms with Crippen LogP contribution in [0.3, 0.4) is 0 Å². The molecule has 0 spiro atoms. The highest BCUT2D eigenvalue weighted by Crippen LogP contribution is 2.00. The number of carbonyl (C=O) groups is 1. The minimum atomic E-state index is -0.969. The highest BCUT2D eigenvalue weighted by Gasteiger charge is 1.99. The van der Waals surface area contributed by atoms with E-state index in [1.807, 2.05) is 0 Å². The van der Waals surface area contributed by atoms with Crippen LogP contribution in [-0.4, -0.2) is 23.3 Å². The molecule has 0 unspecified atom stereocenters. The largest absolute Gasteiger partial charge is 0.477 e. The third-order valence-corrected chi connectivity index (χ3v) is 1.95. The lowest BCUT2D eigenvalue weighted by Crippen LogP contribution is -2.16. The van der Waals surface area contributed by atoms with Crippen LogP contribution in [0.25, 0.3) is 0 Å². The molecule has 0 aliphatic heterocycles. The second-order valence-electron chi connectivity index (χ2n) is 3.32. The van der Waals surface area contributed by atoms with Crippen LogP contribution in [0.2, 0.25) is 0 Å². The molecule has 0 radical (unpaired) electrons. The van der Waals surface area contributed by atoms with Crippen LogP contribution in [0.1, 0.15) is 46.0 Å². The SMILES string of the molecule is CCCCCCCNN=C(C)C(=O)O. The number of carboxylic acid groups (broad SMARTS) is 1. The number of nitrogens with one attached hydrogen (secondary N) is 1. The minimum absolute atomic E-state index is 0.110. The molecule has 4 nitrogen and oxygen atoms in total. The van der Waals surface area contributed by atoms with E-state index in [2.05, 4.69) is 17.5 Å². The van der Waals surface area contributed by atoms with Crippen molar-refractivity contribution >= 4 is 11.7 Å². The summed E-state index contributed by atoms with van der Waals surface area (Å²) in [6.07, 6.45) is 6.00. The molecule has 0 heterocycles. The summed E-state index contributed by atoms with van der Waals surface area (Å²) in [6.45, 7) is 4.42. The first kappa shape index (κ1) is 12.9. The molecule has 0 aromatic heterocycles. The fraction of sp³-hybridized carbons (Fsp3) is 0.800. The van der Waals surface area contributed by atoms with Crippen molar-refractivity contribution in [3.05, 3.63) is 0 Å². The van der Waals surface area contributed by atoms with Crippen LogP contribution in [0.5, 0.6) is 0 Å². The number of rotatable bonds is 8. The van der Waals surface area contributed by atoms with Crippen molar-refractivity contribution in [2.45, 2.75) is 46.0 Å². The van der Waals surface area contributed by atoms with Gasteiger partial charge in [0.1, 0.15) is 5.71 Å². The first-order chi connectivity index (χ1) is 6.68. The maximum absolute atomic E-state index is 10.3. The van der Waals surface area contributed by atoms with Gasteiger partial charge in [-0.2, -0.15) is 5.10 Å². The monoisotopic (exact) mass is 200 g/mol. The van der Waals surface area contributed by atoms with Crippen LogP contribution in [-0.2, 0) is 4.79 Å². The van der Waals surface area contributed by atoms with E-state index in [-0.39, 0.29) is 5.71 Å². The summed E-state index contributed by atoms with van der Waals surface area (Å²) >= 11 is 0. The number of hydrogen-bond donors (Lipinski definition) is 2. The van der Waals surface area contributed by atoms with Crippen LogP contribution in [0, 0.1) is 0 Å². The van der Waals surface area contributed by atoms with Crippen LogP contribution < -0.4 is 5.43 Å². The molecule has 0 fully saturated rings. The van der Waals surface area contributed by atoms with E-state index in [0.29, 0.717) is 0 Å². The predicted octanol–water partition coefficient (Wildman–Crippen LogP) is 2.01. The Morgan fingerprint density at radius 3 is 2.50 bits per heavy atom. The van der Waals surface area contributed by atoms with E-state index in [4.69, 9.17) is 5.11 Å². The van der Waals surface area contributed by atoms with Crippen molar-refractivity contribution in [2.24, 2.45) is 5.10 Å². The second-order valence-corrected chi connectivity index (χ2v) is 3.32. The Morgan fingerprint density at radius 2 is 1.93 bits per heavy atom. The van der Waals surface area contributed by atoms with E-state index < -0.39 is 5.97 Å². The van der Waals surface area contributed by atoms with Crippen LogP contribution >= 0.6 is 0 Å². The van der Waals surface area contributed by atoms with Gasteiger partial charge < -0.3 is 10.5 Å². The quantitative estimate of drug-likeness (QED) is 0.358. The molecule has 0 aliphatic rings. The zero-order valence-electron chi connectivity index (χ0n) is 9.05. The molecule has 2 N–H and O–H groups in total. The molecule has 14 heavy (non-hydrogen) atoms. The summed E-state index contributed by atoms with van der Waals surface area (Å²) in [7, 11) is 0. The second kappa shape index (κ2) is 8.53. The summed E-state index contributed by atoms with van der Waals surface area (Å²) in [5.74, 6) is -0.969. The van der Waals surface area contributed by atoms with Gasteiger partial charge in [0.25, 0.3) is 0 Å². The Kier molecular flexibility index (Phi) is 7.89. The van der Waals surface area contributed by atoms with E-state index in [0.717, 1.165) is 13.0 Å². The summed E-state index contributed by atoms with van der Waals surface area (Å²) in [6, 6.07) is 0. The van der Waals surface area contributed by atoms with Gasteiger partial charge in [-0.15, -0.1) is 0 Å². The third kappa shape index (κ3) is 7.58. The summed E-state index contributed by atoms with van der Waals surface area (Å²) in [4.78, 5) is 10.3. The summed E-state index contributed by atoms with van der Waals surface area (Å²) in [5.41, 5.74) is 2.86. The number of nitrogens with zero attached hydrogens (tertiary/aromatic N) is 1. The average molecular weight is 200 g/mol. The Bertz CT molecular complexity index is 191. The minimum Gasteiger partial charge on any atom is -0.477 e. The molecule has 0 aromatic carbocycles.